The zero-order valence-corrected chi connectivity index (χ0v) is 19.2. The molecule has 1 aliphatic rings. The molecule has 0 saturated heterocycles. The third-order valence-corrected chi connectivity index (χ3v) is 6.03. The second kappa shape index (κ2) is 9.13. The van der Waals surface area contributed by atoms with Crippen molar-refractivity contribution in [2.75, 3.05) is 6.61 Å². The van der Waals surface area contributed by atoms with Crippen molar-refractivity contribution in [1.29, 1.82) is 0 Å². The first kappa shape index (κ1) is 23.0. The number of nitro benzene ring substituents is 1. The number of rotatable bonds is 6. The van der Waals surface area contributed by atoms with Crippen LogP contribution in [-0.4, -0.2) is 38.5 Å². The molecule has 1 amide bonds. The molecule has 36 heavy (non-hydrogen) atoms. The Kier molecular flexibility index (Phi) is 5.84. The number of hydrogen-bond acceptors (Lipinski definition) is 9. The third-order valence-electron chi connectivity index (χ3n) is 6.03. The highest BCUT2D eigenvalue weighted by Crippen LogP contribution is 2.41. The van der Waals surface area contributed by atoms with Crippen LogP contribution in [0.4, 0.5) is 5.69 Å². The quantitative estimate of drug-likeness (QED) is 0.236. The molecule has 0 spiro atoms. The minimum atomic E-state index is -0.711. The van der Waals surface area contributed by atoms with Gasteiger partial charge in [-0.3, -0.25) is 19.7 Å². The molecule has 1 aliphatic carbocycles. The van der Waals surface area contributed by atoms with Gasteiger partial charge in [-0.05, 0) is 38.3 Å². The number of aromatic hydroxyl groups is 1. The Balaban J connectivity index is 1.37. The lowest BCUT2D eigenvalue weighted by molar-refractivity contribution is -0.385. The van der Waals surface area contributed by atoms with E-state index in [1.807, 2.05) is 0 Å². The van der Waals surface area contributed by atoms with E-state index in [1.165, 1.54) is 6.07 Å². The lowest BCUT2D eigenvalue weighted by atomic mass is 9.93. The molecule has 0 atom stereocenters. The van der Waals surface area contributed by atoms with Gasteiger partial charge in [0.05, 0.1) is 33.7 Å². The van der Waals surface area contributed by atoms with Crippen LogP contribution in [0, 0.1) is 17.0 Å². The van der Waals surface area contributed by atoms with Gasteiger partial charge in [0.2, 0.25) is 5.75 Å². The molecular weight excluding hydrogens is 470 g/mol. The molecular formula is C24H21N5O7. The summed E-state index contributed by atoms with van der Waals surface area (Å²) in [4.78, 5) is 45.3. The SMILES string of the molecule is Cc1nc2ccccc2c(=O)n1OCC(=O)NN=Cc1c(O)c([N+](=O)[O-])cc2oc3c(c12)CCCC3. The van der Waals surface area contributed by atoms with E-state index >= 15 is 0 Å². The van der Waals surface area contributed by atoms with Crippen LogP contribution in [0.25, 0.3) is 21.9 Å². The van der Waals surface area contributed by atoms with Crippen molar-refractivity contribution in [2.24, 2.45) is 5.10 Å². The largest absolute Gasteiger partial charge is 0.502 e. The van der Waals surface area contributed by atoms with Crippen molar-refractivity contribution >= 4 is 39.7 Å². The van der Waals surface area contributed by atoms with Gasteiger partial charge in [0.25, 0.3) is 11.5 Å². The van der Waals surface area contributed by atoms with Gasteiger partial charge in [0.15, 0.2) is 6.61 Å². The van der Waals surface area contributed by atoms with Gasteiger partial charge in [-0.2, -0.15) is 5.10 Å². The number of nitro groups is 1. The Morgan fingerprint density at radius 3 is 2.94 bits per heavy atom. The van der Waals surface area contributed by atoms with Crippen LogP contribution in [0.2, 0.25) is 0 Å². The number of fused-ring (bicyclic) bond motifs is 4. The van der Waals surface area contributed by atoms with E-state index in [0.717, 1.165) is 35.1 Å². The Morgan fingerprint density at radius 2 is 2.14 bits per heavy atom. The van der Waals surface area contributed by atoms with E-state index < -0.39 is 34.4 Å². The number of aromatic nitrogens is 2. The zero-order valence-electron chi connectivity index (χ0n) is 19.2. The lowest BCUT2D eigenvalue weighted by Crippen LogP contribution is -2.35. The maximum atomic E-state index is 12.6. The summed E-state index contributed by atoms with van der Waals surface area (Å²) >= 11 is 0. The maximum Gasteiger partial charge on any atom is 0.315 e. The maximum absolute atomic E-state index is 12.6. The Hall–Kier alpha value is -4.74. The number of benzene rings is 2. The minimum absolute atomic E-state index is 0.0816. The summed E-state index contributed by atoms with van der Waals surface area (Å²) < 4.78 is 6.75. The molecule has 2 aromatic carbocycles. The monoisotopic (exact) mass is 491 g/mol. The van der Waals surface area contributed by atoms with Gasteiger partial charge >= 0.3 is 5.69 Å². The second-order valence-electron chi connectivity index (χ2n) is 8.34. The van der Waals surface area contributed by atoms with E-state index in [-0.39, 0.29) is 17.0 Å². The van der Waals surface area contributed by atoms with Gasteiger partial charge in [-0.15, -0.1) is 4.73 Å². The van der Waals surface area contributed by atoms with Crippen molar-refractivity contribution < 1.29 is 24.1 Å². The predicted molar refractivity (Wildman–Crippen MR) is 129 cm³/mol. The fourth-order valence-electron chi connectivity index (χ4n) is 4.40. The van der Waals surface area contributed by atoms with E-state index in [2.05, 4.69) is 15.5 Å². The van der Waals surface area contributed by atoms with Gasteiger partial charge < -0.3 is 14.4 Å². The molecule has 0 saturated carbocycles. The Morgan fingerprint density at radius 1 is 1.36 bits per heavy atom. The summed E-state index contributed by atoms with van der Waals surface area (Å²) in [6, 6.07) is 7.97. The molecule has 2 aromatic heterocycles. The highest BCUT2D eigenvalue weighted by molar-refractivity contribution is 6.05. The fraction of sp³-hybridized carbons (Fsp3) is 0.250. The number of hydrazone groups is 1. The number of hydrogen-bond donors (Lipinski definition) is 2. The van der Waals surface area contributed by atoms with Crippen LogP contribution in [0.5, 0.6) is 5.75 Å². The highest BCUT2D eigenvalue weighted by atomic mass is 16.7. The van der Waals surface area contributed by atoms with E-state index in [0.29, 0.717) is 29.1 Å². The smallest absolute Gasteiger partial charge is 0.315 e. The van der Waals surface area contributed by atoms with Crippen LogP contribution >= 0.6 is 0 Å². The first-order valence-corrected chi connectivity index (χ1v) is 11.2. The van der Waals surface area contributed by atoms with Crippen molar-refractivity contribution in [3.8, 4) is 5.75 Å². The summed E-state index contributed by atoms with van der Waals surface area (Å²) in [6.07, 6.45) is 4.41. The molecule has 4 aromatic rings. The van der Waals surface area contributed by atoms with E-state index in [4.69, 9.17) is 9.25 Å². The van der Waals surface area contributed by atoms with Crippen LogP contribution in [0.15, 0.2) is 44.6 Å². The Labute approximate surface area is 202 Å². The molecule has 0 fully saturated rings. The molecule has 0 unspecified atom stereocenters. The van der Waals surface area contributed by atoms with Crippen LogP contribution in [0.3, 0.4) is 0 Å². The molecule has 0 bridgehead atoms. The third kappa shape index (κ3) is 4.02. The molecule has 5 rings (SSSR count). The van der Waals surface area contributed by atoms with Gasteiger partial charge in [-0.25, -0.2) is 10.4 Å². The van der Waals surface area contributed by atoms with Crippen molar-refractivity contribution in [3.63, 3.8) is 0 Å². The molecule has 2 heterocycles. The number of para-hydroxylation sites is 1. The normalized spacial score (nSPS) is 13.2. The zero-order chi connectivity index (χ0) is 25.4. The molecule has 0 radical (unpaired) electrons. The summed E-state index contributed by atoms with van der Waals surface area (Å²) in [7, 11) is 0. The van der Waals surface area contributed by atoms with Gasteiger partial charge in [0, 0.05) is 17.4 Å². The number of amides is 1. The van der Waals surface area contributed by atoms with Crippen LogP contribution in [-0.2, 0) is 17.6 Å². The fourth-order valence-corrected chi connectivity index (χ4v) is 4.40. The lowest BCUT2D eigenvalue weighted by Gasteiger charge is -2.11. The number of aryl methyl sites for hydroxylation is 3. The standard InChI is InChI=1S/C24H21N5O7/c1-13-26-17-8-4-2-6-14(17)24(32)28(13)35-12-21(30)27-25-11-16-22-15-7-3-5-9-19(15)36-20(22)10-18(23(16)31)29(33)34/h2,4,6,8,10-11,31H,3,5,7,9,12H2,1H3,(H,27,30). The molecule has 0 aliphatic heterocycles. The second-order valence-corrected chi connectivity index (χ2v) is 8.34. The average molecular weight is 491 g/mol. The Bertz CT molecular complexity index is 1620. The predicted octanol–water partition coefficient (Wildman–Crippen LogP) is 2.52. The van der Waals surface area contributed by atoms with Crippen molar-refractivity contribution in [2.45, 2.75) is 32.6 Å². The summed E-state index contributed by atoms with van der Waals surface area (Å²) in [5.74, 6) is -0.266. The van der Waals surface area contributed by atoms with Gasteiger partial charge in [-0.1, -0.05) is 12.1 Å². The number of phenolic OH excluding ortho intramolecular Hbond substituents is 1. The van der Waals surface area contributed by atoms with E-state index in [9.17, 15) is 24.8 Å². The summed E-state index contributed by atoms with van der Waals surface area (Å²) in [5.41, 5.74) is 3.01. The number of phenols is 1. The number of nitrogens with one attached hydrogen (secondary N) is 1. The number of carbonyl (C=O) groups excluding carboxylic acids is 1. The highest BCUT2D eigenvalue weighted by Gasteiger charge is 2.27. The van der Waals surface area contributed by atoms with Crippen LogP contribution < -0.4 is 15.8 Å². The molecule has 12 heteroatoms. The van der Waals surface area contributed by atoms with E-state index in [1.54, 1.807) is 31.2 Å². The first-order chi connectivity index (χ1) is 17.3. The summed E-state index contributed by atoms with van der Waals surface area (Å²) in [5, 5.41) is 26.8. The average Bonchev–Trinajstić information content (AvgIpc) is 3.23. The van der Waals surface area contributed by atoms with Gasteiger partial charge in [0.1, 0.15) is 17.2 Å². The van der Waals surface area contributed by atoms with Crippen LogP contribution in [0.1, 0.15) is 35.6 Å². The van der Waals surface area contributed by atoms with Crippen molar-refractivity contribution in [1.82, 2.24) is 15.1 Å². The minimum Gasteiger partial charge on any atom is -0.502 e. The number of furan rings is 1. The molecule has 12 nitrogen and oxygen atoms in total. The summed E-state index contributed by atoms with van der Waals surface area (Å²) in [6.45, 7) is 1.03. The number of carbonyl (C=O) groups is 1. The molecule has 184 valence electrons. The number of nitrogens with zero attached hydrogens (tertiary/aromatic N) is 4. The van der Waals surface area contributed by atoms with Crippen molar-refractivity contribution in [3.05, 3.63) is 73.5 Å². The topological polar surface area (TPSA) is 162 Å². The first-order valence-electron chi connectivity index (χ1n) is 11.2. The molecule has 2 N–H and O–H groups in total.